The van der Waals surface area contributed by atoms with Crippen LogP contribution in [-0.2, 0) is 38.6 Å². The molecule has 0 spiro atoms. The lowest BCUT2D eigenvalue weighted by molar-refractivity contribution is -0.301. The Morgan fingerprint density at radius 2 is 0.969 bits per heavy atom. The van der Waals surface area contributed by atoms with E-state index in [4.69, 9.17) is 29.0 Å². The van der Waals surface area contributed by atoms with Crippen LogP contribution in [0.3, 0.4) is 0 Å². The van der Waals surface area contributed by atoms with Gasteiger partial charge in [-0.2, -0.15) is 9.78 Å². The number of carbonyl (C=O) groups is 2. The standard InChI is InChI=1S/C24H42O8/c1-17(2)29-31-23(25)21(19-11-7-5-8-12-19)27-15-16-28-22(20-13-9-6-10-14-20)24(26)32-30-18(3)4/h17-22H,5-16H2,1-4H3. The molecular formula is C24H42O8. The van der Waals surface area contributed by atoms with E-state index >= 15 is 0 Å². The van der Waals surface area contributed by atoms with Crippen molar-refractivity contribution in [2.24, 2.45) is 11.8 Å². The van der Waals surface area contributed by atoms with Crippen LogP contribution in [0.1, 0.15) is 91.9 Å². The molecule has 2 aliphatic carbocycles. The van der Waals surface area contributed by atoms with E-state index in [1.165, 1.54) is 12.8 Å². The molecule has 2 saturated carbocycles. The van der Waals surface area contributed by atoms with Gasteiger partial charge in [0.15, 0.2) is 12.2 Å². The molecule has 0 aromatic rings. The third kappa shape index (κ3) is 9.73. The lowest BCUT2D eigenvalue weighted by atomic mass is 9.85. The molecule has 186 valence electrons. The van der Waals surface area contributed by atoms with Gasteiger partial charge < -0.3 is 9.47 Å². The fraction of sp³-hybridized carbons (Fsp3) is 0.917. The quantitative estimate of drug-likeness (QED) is 0.223. The van der Waals surface area contributed by atoms with E-state index in [-0.39, 0.29) is 37.3 Å². The largest absolute Gasteiger partial charge is 0.371 e. The summed E-state index contributed by atoms with van der Waals surface area (Å²) in [5.74, 6) is -0.797. The van der Waals surface area contributed by atoms with E-state index in [2.05, 4.69) is 0 Å². The highest BCUT2D eigenvalue weighted by Crippen LogP contribution is 2.30. The Morgan fingerprint density at radius 3 is 1.28 bits per heavy atom. The van der Waals surface area contributed by atoms with Crippen LogP contribution < -0.4 is 0 Å². The summed E-state index contributed by atoms with van der Waals surface area (Å²) in [5.41, 5.74) is 0. The number of rotatable bonds is 13. The lowest BCUT2D eigenvalue weighted by Gasteiger charge is -2.30. The number of carbonyl (C=O) groups excluding carboxylic acids is 2. The van der Waals surface area contributed by atoms with Gasteiger partial charge in [0, 0.05) is 0 Å². The minimum absolute atomic E-state index is 0.102. The molecule has 32 heavy (non-hydrogen) atoms. The molecule has 0 aliphatic heterocycles. The maximum Gasteiger partial charge on any atom is 0.371 e. The fourth-order valence-corrected chi connectivity index (χ4v) is 4.40. The monoisotopic (exact) mass is 458 g/mol. The molecule has 0 aromatic carbocycles. The average Bonchev–Trinajstić information content (AvgIpc) is 2.79. The van der Waals surface area contributed by atoms with Gasteiger partial charge in [0.2, 0.25) is 0 Å². The molecule has 0 radical (unpaired) electrons. The second-order valence-corrected chi connectivity index (χ2v) is 9.47. The Bertz CT molecular complexity index is 490. The first-order chi connectivity index (χ1) is 15.4. The highest BCUT2D eigenvalue weighted by Gasteiger charge is 2.35. The van der Waals surface area contributed by atoms with Crippen LogP contribution >= 0.6 is 0 Å². The minimum atomic E-state index is -0.693. The molecule has 0 aromatic heterocycles. The van der Waals surface area contributed by atoms with Gasteiger partial charge in [0.25, 0.3) is 0 Å². The summed E-state index contributed by atoms with van der Waals surface area (Å²) in [6.07, 6.45) is 8.51. The first-order valence-corrected chi connectivity index (χ1v) is 12.4. The molecule has 0 saturated heterocycles. The summed E-state index contributed by atoms with van der Waals surface area (Å²) in [4.78, 5) is 45.2. The van der Waals surface area contributed by atoms with E-state index in [9.17, 15) is 9.59 Å². The molecule has 2 aliphatic rings. The Labute approximate surface area is 192 Å². The van der Waals surface area contributed by atoms with E-state index in [0.717, 1.165) is 51.4 Å². The third-order valence-corrected chi connectivity index (χ3v) is 5.94. The summed E-state index contributed by atoms with van der Waals surface area (Å²) in [6.45, 7) is 7.55. The van der Waals surface area contributed by atoms with Crippen molar-refractivity contribution in [2.75, 3.05) is 13.2 Å². The third-order valence-electron chi connectivity index (χ3n) is 5.94. The number of hydrogen-bond donors (Lipinski definition) is 0. The predicted molar refractivity (Wildman–Crippen MR) is 117 cm³/mol. The Morgan fingerprint density at radius 1 is 0.625 bits per heavy atom. The zero-order valence-electron chi connectivity index (χ0n) is 20.2. The van der Waals surface area contributed by atoms with Gasteiger partial charge in [-0.3, -0.25) is 9.78 Å². The zero-order chi connectivity index (χ0) is 23.3. The minimum Gasteiger partial charge on any atom is -0.364 e. The van der Waals surface area contributed by atoms with Crippen molar-refractivity contribution < 1.29 is 38.6 Å². The van der Waals surface area contributed by atoms with Crippen molar-refractivity contribution in [1.29, 1.82) is 0 Å². The first-order valence-electron chi connectivity index (χ1n) is 12.4. The van der Waals surface area contributed by atoms with Gasteiger partial charge in [0.05, 0.1) is 25.4 Å². The Hall–Kier alpha value is -1.22. The van der Waals surface area contributed by atoms with Crippen LogP contribution in [0.2, 0.25) is 0 Å². The molecule has 0 amide bonds. The molecule has 0 N–H and O–H groups in total. The lowest BCUT2D eigenvalue weighted by Crippen LogP contribution is -2.39. The van der Waals surface area contributed by atoms with E-state index in [0.29, 0.717) is 0 Å². The summed E-state index contributed by atoms with van der Waals surface area (Å²) in [7, 11) is 0. The smallest absolute Gasteiger partial charge is 0.364 e. The maximum atomic E-state index is 12.6. The second-order valence-electron chi connectivity index (χ2n) is 9.47. The molecule has 8 nitrogen and oxygen atoms in total. The van der Waals surface area contributed by atoms with Crippen LogP contribution in [0.4, 0.5) is 0 Å². The van der Waals surface area contributed by atoms with Crippen LogP contribution in [0.5, 0.6) is 0 Å². The van der Waals surface area contributed by atoms with Crippen LogP contribution in [0.25, 0.3) is 0 Å². The molecule has 8 heteroatoms. The first kappa shape index (κ1) is 27.0. The molecule has 2 fully saturated rings. The van der Waals surface area contributed by atoms with Crippen LogP contribution in [-0.4, -0.2) is 49.6 Å². The average molecular weight is 459 g/mol. The van der Waals surface area contributed by atoms with Gasteiger partial charge in [-0.05, 0) is 65.2 Å². The summed E-state index contributed by atoms with van der Waals surface area (Å²) >= 11 is 0. The number of hydrogen-bond acceptors (Lipinski definition) is 8. The van der Waals surface area contributed by atoms with Crippen molar-refractivity contribution in [3.63, 3.8) is 0 Å². The second kappa shape index (κ2) is 14.8. The number of ether oxygens (including phenoxy) is 2. The van der Waals surface area contributed by atoms with Gasteiger partial charge in [-0.25, -0.2) is 9.59 Å². The summed E-state index contributed by atoms with van der Waals surface area (Å²) in [5, 5.41) is 0. The summed E-state index contributed by atoms with van der Waals surface area (Å²) < 4.78 is 11.9. The van der Waals surface area contributed by atoms with Gasteiger partial charge in [-0.15, -0.1) is 0 Å². The van der Waals surface area contributed by atoms with Crippen molar-refractivity contribution >= 4 is 11.9 Å². The molecule has 0 heterocycles. The summed E-state index contributed by atoms with van der Waals surface area (Å²) in [6, 6.07) is 0. The van der Waals surface area contributed by atoms with E-state index < -0.39 is 24.1 Å². The Balaban J connectivity index is 1.89. The topological polar surface area (TPSA) is 89.5 Å². The molecule has 2 rings (SSSR count). The highest BCUT2D eigenvalue weighted by atomic mass is 17.2. The highest BCUT2D eigenvalue weighted by molar-refractivity contribution is 5.75. The van der Waals surface area contributed by atoms with Gasteiger partial charge in [-0.1, -0.05) is 38.5 Å². The SMILES string of the molecule is CC(C)OOC(=O)C(OCCOC(C(=O)OOC(C)C)C1CCCCC1)C1CCCCC1. The molecule has 2 unspecified atom stereocenters. The zero-order valence-corrected chi connectivity index (χ0v) is 20.2. The van der Waals surface area contributed by atoms with Crippen LogP contribution in [0, 0.1) is 11.8 Å². The normalized spacial score (nSPS) is 20.3. The predicted octanol–water partition coefficient (Wildman–Crippen LogP) is 4.68. The van der Waals surface area contributed by atoms with Gasteiger partial charge in [0.1, 0.15) is 0 Å². The van der Waals surface area contributed by atoms with Crippen molar-refractivity contribution in [3.8, 4) is 0 Å². The van der Waals surface area contributed by atoms with E-state index in [1.807, 2.05) is 0 Å². The fourth-order valence-electron chi connectivity index (χ4n) is 4.40. The molecule has 0 bridgehead atoms. The van der Waals surface area contributed by atoms with Crippen molar-refractivity contribution in [1.82, 2.24) is 0 Å². The molecular weight excluding hydrogens is 416 g/mol. The van der Waals surface area contributed by atoms with E-state index in [1.54, 1.807) is 27.7 Å². The van der Waals surface area contributed by atoms with Gasteiger partial charge >= 0.3 is 11.9 Å². The van der Waals surface area contributed by atoms with Crippen molar-refractivity contribution in [3.05, 3.63) is 0 Å². The molecule has 2 atom stereocenters. The van der Waals surface area contributed by atoms with Crippen molar-refractivity contribution in [2.45, 2.75) is 116 Å². The van der Waals surface area contributed by atoms with Crippen LogP contribution in [0.15, 0.2) is 0 Å². The maximum absolute atomic E-state index is 12.6. The Kier molecular flexibility index (Phi) is 12.5.